The Morgan fingerprint density at radius 3 is 2.59 bits per heavy atom. The van der Waals surface area contributed by atoms with E-state index < -0.39 is 5.60 Å². The fraction of sp³-hybridized carbons (Fsp3) is 0.556. The van der Waals surface area contributed by atoms with E-state index in [1.807, 2.05) is 32.0 Å². The quantitative estimate of drug-likeness (QED) is 0.850. The van der Waals surface area contributed by atoms with Crippen molar-refractivity contribution in [3.05, 3.63) is 29.3 Å². The molecule has 1 saturated carbocycles. The van der Waals surface area contributed by atoms with Crippen LogP contribution in [0.2, 0.25) is 0 Å². The Hall–Kier alpha value is -1.84. The van der Waals surface area contributed by atoms with Crippen LogP contribution in [-0.4, -0.2) is 17.5 Å². The van der Waals surface area contributed by atoms with Gasteiger partial charge in [-0.3, -0.25) is 9.59 Å². The van der Waals surface area contributed by atoms with Crippen LogP contribution in [0.3, 0.4) is 0 Å². The van der Waals surface area contributed by atoms with Gasteiger partial charge in [-0.05, 0) is 62.8 Å². The highest BCUT2D eigenvalue weighted by Gasteiger charge is 2.52. The number of carbonyl (C=O) groups excluding carboxylic acids is 2. The largest absolute Gasteiger partial charge is 0.458 e. The van der Waals surface area contributed by atoms with Gasteiger partial charge in [-0.15, -0.1) is 0 Å². The fourth-order valence-corrected chi connectivity index (χ4v) is 3.67. The minimum absolute atomic E-state index is 0.0870. The van der Waals surface area contributed by atoms with Gasteiger partial charge >= 0.3 is 5.97 Å². The van der Waals surface area contributed by atoms with Crippen LogP contribution in [0.1, 0.15) is 49.7 Å². The monoisotopic (exact) mass is 301 g/mol. The molecule has 0 aromatic heterocycles. The van der Waals surface area contributed by atoms with Crippen molar-refractivity contribution in [1.29, 1.82) is 0 Å². The molecular weight excluding hydrogens is 278 g/mol. The summed E-state index contributed by atoms with van der Waals surface area (Å²) < 4.78 is 5.60. The molecule has 1 spiro atoms. The average Bonchev–Trinajstić information content (AvgIpc) is 2.80. The Kier molecular flexibility index (Phi) is 3.94. The summed E-state index contributed by atoms with van der Waals surface area (Å²) in [7, 11) is 0. The molecule has 3 rings (SSSR count). The number of hydrogen-bond acceptors (Lipinski definition) is 3. The van der Waals surface area contributed by atoms with Crippen molar-refractivity contribution in [2.24, 2.45) is 5.92 Å². The van der Waals surface area contributed by atoms with Crippen molar-refractivity contribution in [2.45, 2.75) is 58.0 Å². The van der Waals surface area contributed by atoms with E-state index in [0.717, 1.165) is 43.4 Å². The van der Waals surface area contributed by atoms with E-state index in [1.165, 1.54) is 5.56 Å². The number of aryl methyl sites for hydroxylation is 2. The molecule has 1 unspecified atom stereocenters. The highest BCUT2D eigenvalue weighted by atomic mass is 16.6. The zero-order valence-corrected chi connectivity index (χ0v) is 13.3. The van der Waals surface area contributed by atoms with Crippen LogP contribution in [-0.2, 0) is 14.3 Å². The molecule has 4 nitrogen and oxygen atoms in total. The summed E-state index contributed by atoms with van der Waals surface area (Å²) in [6, 6.07) is 5.88. The molecule has 4 heteroatoms. The summed E-state index contributed by atoms with van der Waals surface area (Å²) in [6.45, 7) is 4.07. The lowest BCUT2D eigenvalue weighted by molar-refractivity contribution is -0.153. The molecule has 1 aromatic rings. The van der Waals surface area contributed by atoms with E-state index in [2.05, 4.69) is 5.32 Å². The van der Waals surface area contributed by atoms with Crippen molar-refractivity contribution in [3.63, 3.8) is 0 Å². The molecule has 1 heterocycles. The van der Waals surface area contributed by atoms with Crippen LogP contribution >= 0.6 is 0 Å². The number of nitrogens with one attached hydrogen (secondary N) is 1. The maximum atomic E-state index is 12.7. The van der Waals surface area contributed by atoms with Crippen LogP contribution in [0.5, 0.6) is 0 Å². The van der Waals surface area contributed by atoms with E-state index in [1.54, 1.807) is 0 Å². The van der Waals surface area contributed by atoms with Gasteiger partial charge in [-0.1, -0.05) is 12.5 Å². The molecule has 1 saturated heterocycles. The van der Waals surface area contributed by atoms with Crippen LogP contribution in [0.25, 0.3) is 0 Å². The van der Waals surface area contributed by atoms with Gasteiger partial charge in [-0.2, -0.15) is 0 Å². The molecule has 2 fully saturated rings. The number of rotatable bonds is 2. The molecular formula is C18H23NO3. The lowest BCUT2D eigenvalue weighted by Crippen LogP contribution is -2.43. The van der Waals surface area contributed by atoms with Gasteiger partial charge in [-0.25, -0.2) is 0 Å². The second-order valence-corrected chi connectivity index (χ2v) is 6.64. The van der Waals surface area contributed by atoms with Crippen LogP contribution in [0, 0.1) is 19.8 Å². The Morgan fingerprint density at radius 1 is 1.18 bits per heavy atom. The summed E-state index contributed by atoms with van der Waals surface area (Å²) in [5, 5.41) is 2.97. The number of hydrogen-bond donors (Lipinski definition) is 1. The molecule has 1 aliphatic carbocycles. The summed E-state index contributed by atoms with van der Waals surface area (Å²) in [5.74, 6) is -0.681. The number of ether oxygens (including phenoxy) is 1. The third-order valence-electron chi connectivity index (χ3n) is 5.11. The number of benzene rings is 1. The first-order chi connectivity index (χ1) is 10.5. The number of carbonyl (C=O) groups is 2. The first kappa shape index (κ1) is 15.1. The van der Waals surface area contributed by atoms with Gasteiger partial charge in [0.15, 0.2) is 0 Å². The van der Waals surface area contributed by atoms with E-state index in [9.17, 15) is 9.59 Å². The second-order valence-electron chi connectivity index (χ2n) is 6.64. The highest BCUT2D eigenvalue weighted by Crippen LogP contribution is 2.44. The first-order valence-electron chi connectivity index (χ1n) is 8.10. The van der Waals surface area contributed by atoms with Crippen LogP contribution in [0.15, 0.2) is 18.2 Å². The van der Waals surface area contributed by atoms with Crippen molar-refractivity contribution in [3.8, 4) is 0 Å². The lowest BCUT2D eigenvalue weighted by Gasteiger charge is -2.36. The number of anilines is 1. The SMILES string of the molecule is Cc1ccc(NC(=O)C2CC(=O)OC23CCCCC3)cc1C. The molecule has 2 aliphatic rings. The van der Waals surface area contributed by atoms with Crippen molar-refractivity contribution in [2.75, 3.05) is 5.32 Å². The summed E-state index contributed by atoms with van der Waals surface area (Å²) in [4.78, 5) is 24.5. The third kappa shape index (κ3) is 2.74. The van der Waals surface area contributed by atoms with Gasteiger partial charge in [0.1, 0.15) is 5.60 Å². The minimum Gasteiger partial charge on any atom is -0.458 e. The topological polar surface area (TPSA) is 55.4 Å². The van der Waals surface area contributed by atoms with Gasteiger partial charge in [0, 0.05) is 5.69 Å². The molecule has 0 bridgehead atoms. The predicted octanol–water partition coefficient (Wildman–Crippen LogP) is 3.51. The maximum absolute atomic E-state index is 12.7. The number of esters is 1. The summed E-state index contributed by atoms with van der Waals surface area (Å²) in [6.07, 6.45) is 5.04. The third-order valence-corrected chi connectivity index (χ3v) is 5.11. The Balaban J connectivity index is 1.78. The Morgan fingerprint density at radius 2 is 1.91 bits per heavy atom. The number of amides is 1. The summed E-state index contributed by atoms with van der Waals surface area (Å²) in [5.41, 5.74) is 2.57. The van der Waals surface area contributed by atoms with Crippen LogP contribution < -0.4 is 5.32 Å². The van der Waals surface area contributed by atoms with Crippen molar-refractivity contribution < 1.29 is 14.3 Å². The van der Waals surface area contributed by atoms with Crippen molar-refractivity contribution >= 4 is 17.6 Å². The van der Waals surface area contributed by atoms with E-state index >= 15 is 0 Å². The van der Waals surface area contributed by atoms with E-state index in [0.29, 0.717) is 0 Å². The van der Waals surface area contributed by atoms with Gasteiger partial charge in [0.25, 0.3) is 0 Å². The van der Waals surface area contributed by atoms with Gasteiger partial charge in [0.05, 0.1) is 12.3 Å². The van der Waals surface area contributed by atoms with Gasteiger partial charge < -0.3 is 10.1 Å². The van der Waals surface area contributed by atoms with Gasteiger partial charge in [0.2, 0.25) is 5.91 Å². The lowest BCUT2D eigenvalue weighted by atomic mass is 9.75. The standard InChI is InChI=1S/C18H23NO3/c1-12-6-7-14(10-13(12)2)19-17(21)15-11-16(20)22-18(15)8-4-3-5-9-18/h6-7,10,15H,3-5,8-9,11H2,1-2H3,(H,19,21). The maximum Gasteiger partial charge on any atom is 0.307 e. The molecule has 1 amide bonds. The normalized spacial score (nSPS) is 23.4. The average molecular weight is 301 g/mol. The molecule has 1 atom stereocenters. The van der Waals surface area contributed by atoms with E-state index in [-0.39, 0.29) is 24.2 Å². The Bertz CT molecular complexity index is 602. The highest BCUT2D eigenvalue weighted by molar-refractivity contribution is 5.97. The molecule has 1 aromatic carbocycles. The zero-order chi connectivity index (χ0) is 15.7. The zero-order valence-electron chi connectivity index (χ0n) is 13.3. The predicted molar refractivity (Wildman–Crippen MR) is 84.6 cm³/mol. The van der Waals surface area contributed by atoms with Crippen LogP contribution in [0.4, 0.5) is 5.69 Å². The fourth-order valence-electron chi connectivity index (χ4n) is 3.67. The molecule has 118 valence electrons. The summed E-state index contributed by atoms with van der Waals surface area (Å²) >= 11 is 0. The smallest absolute Gasteiger partial charge is 0.307 e. The molecule has 22 heavy (non-hydrogen) atoms. The second kappa shape index (κ2) is 5.75. The Labute approximate surface area is 131 Å². The molecule has 1 N–H and O–H groups in total. The minimum atomic E-state index is -0.556. The first-order valence-corrected chi connectivity index (χ1v) is 8.10. The molecule has 0 radical (unpaired) electrons. The van der Waals surface area contributed by atoms with Crippen molar-refractivity contribution in [1.82, 2.24) is 0 Å². The van der Waals surface area contributed by atoms with E-state index in [4.69, 9.17) is 4.74 Å². The molecule has 1 aliphatic heterocycles.